The number of nitrogens with one attached hydrogen (secondary N) is 1. The molecule has 0 unspecified atom stereocenters. The van der Waals surface area contributed by atoms with Crippen LogP contribution in [0.2, 0.25) is 12.1 Å². The molecule has 0 aromatic heterocycles. The van der Waals surface area contributed by atoms with Crippen LogP contribution in [-0.2, 0) is 29.4 Å². The van der Waals surface area contributed by atoms with Crippen LogP contribution in [0.15, 0.2) is 66.7 Å². The first kappa shape index (κ1) is 33.1. The molecule has 0 atom stereocenters. The zero-order chi connectivity index (χ0) is 35.5. The number of rotatable bonds is 6. The molecule has 3 aromatic rings. The highest BCUT2D eigenvalue weighted by molar-refractivity contribution is 7.03. The van der Waals surface area contributed by atoms with Crippen molar-refractivity contribution in [2.24, 2.45) is 0 Å². The summed E-state index contributed by atoms with van der Waals surface area (Å²) >= 11 is 0. The molecule has 0 aliphatic carbocycles. The van der Waals surface area contributed by atoms with E-state index in [0.29, 0.717) is 37.6 Å². The van der Waals surface area contributed by atoms with Gasteiger partial charge in [0.2, 0.25) is 0 Å². The number of imide groups is 1. The van der Waals surface area contributed by atoms with Crippen molar-refractivity contribution in [3.63, 3.8) is 0 Å². The maximum atomic E-state index is 14.1. The third-order valence-corrected chi connectivity index (χ3v) is 17.2. The van der Waals surface area contributed by atoms with Crippen molar-refractivity contribution in [1.29, 1.82) is 0 Å². The van der Waals surface area contributed by atoms with Gasteiger partial charge in [0.1, 0.15) is 8.07 Å². The minimum atomic E-state index is -2.33. The van der Waals surface area contributed by atoms with E-state index in [9.17, 15) is 19.2 Å². The van der Waals surface area contributed by atoms with Crippen LogP contribution in [0.1, 0.15) is 56.7 Å². The Kier molecular flexibility index (Phi) is 8.28. The van der Waals surface area contributed by atoms with E-state index in [2.05, 4.69) is 51.5 Å². The van der Waals surface area contributed by atoms with Gasteiger partial charge < -0.3 is 29.3 Å². The van der Waals surface area contributed by atoms with Crippen LogP contribution in [0.25, 0.3) is 0 Å². The third kappa shape index (κ3) is 5.21. The number of ether oxygens (including phenoxy) is 3. The molecule has 0 saturated carbocycles. The van der Waals surface area contributed by atoms with Crippen molar-refractivity contribution in [1.82, 2.24) is 10.2 Å². The van der Waals surface area contributed by atoms with Crippen LogP contribution in [0.4, 0.5) is 11.4 Å². The van der Waals surface area contributed by atoms with Crippen molar-refractivity contribution in [3.05, 3.63) is 94.6 Å². The maximum absolute atomic E-state index is 14.1. The van der Waals surface area contributed by atoms with E-state index in [0.717, 1.165) is 59.9 Å². The molecular weight excluding hydrogens is 677 g/mol. The van der Waals surface area contributed by atoms with Crippen molar-refractivity contribution in [2.45, 2.75) is 37.0 Å². The van der Waals surface area contributed by atoms with Crippen LogP contribution in [0.5, 0.6) is 0 Å². The SMILES string of the molecule is O=C(NCCN1C(=O)C=CC1=O)c1ccc2c(c1)C(=O)OC21c2ccc(N3CCOCC3)cc2[Si]2(CCCCC2)c2cc(N3CCOCC3)ccc21. The van der Waals surface area contributed by atoms with Gasteiger partial charge in [-0.3, -0.25) is 19.3 Å². The van der Waals surface area contributed by atoms with Gasteiger partial charge in [0.05, 0.1) is 32.0 Å². The van der Waals surface area contributed by atoms with E-state index in [4.69, 9.17) is 14.2 Å². The molecule has 1 N–H and O–H groups in total. The van der Waals surface area contributed by atoms with E-state index >= 15 is 0 Å². The first-order valence-electron chi connectivity index (χ1n) is 18.5. The second-order valence-electron chi connectivity index (χ2n) is 14.5. The number of carbonyl (C=O) groups is 4. The predicted molar refractivity (Wildman–Crippen MR) is 197 cm³/mol. The molecule has 6 aliphatic heterocycles. The molecule has 0 radical (unpaired) electrons. The number of esters is 1. The summed E-state index contributed by atoms with van der Waals surface area (Å²) < 4.78 is 18.1. The molecule has 3 saturated heterocycles. The smallest absolute Gasteiger partial charge is 0.340 e. The second kappa shape index (κ2) is 13.0. The van der Waals surface area contributed by atoms with Gasteiger partial charge in [-0.25, -0.2) is 4.79 Å². The first-order chi connectivity index (χ1) is 25.4. The lowest BCUT2D eigenvalue weighted by Gasteiger charge is -2.49. The number of nitrogens with zero attached hydrogens (tertiary/aromatic N) is 3. The van der Waals surface area contributed by atoms with Crippen LogP contribution >= 0.6 is 0 Å². The number of benzene rings is 3. The van der Waals surface area contributed by atoms with E-state index in [1.54, 1.807) is 12.1 Å². The van der Waals surface area contributed by atoms with Crippen LogP contribution in [0, 0.1) is 0 Å². The van der Waals surface area contributed by atoms with Crippen molar-refractivity contribution < 1.29 is 33.4 Å². The molecule has 9 rings (SSSR count). The molecule has 12 heteroatoms. The molecule has 3 amide bonds. The monoisotopic (exact) mass is 718 g/mol. The van der Waals surface area contributed by atoms with E-state index in [1.807, 2.05) is 6.07 Å². The Bertz CT molecular complexity index is 1920. The largest absolute Gasteiger partial charge is 0.441 e. The molecule has 6 aliphatic rings. The summed E-state index contributed by atoms with van der Waals surface area (Å²) in [4.78, 5) is 57.3. The lowest BCUT2D eigenvalue weighted by atomic mass is 9.78. The Balaban J connectivity index is 1.15. The maximum Gasteiger partial charge on any atom is 0.340 e. The number of morpholine rings is 2. The van der Waals surface area contributed by atoms with Crippen molar-refractivity contribution in [2.75, 3.05) is 75.5 Å². The van der Waals surface area contributed by atoms with Gasteiger partial charge in [-0.2, -0.15) is 0 Å². The van der Waals surface area contributed by atoms with Crippen molar-refractivity contribution >= 4 is 53.5 Å². The second-order valence-corrected chi connectivity index (χ2v) is 18.8. The Morgan fingerprint density at radius 3 is 1.85 bits per heavy atom. The minimum absolute atomic E-state index is 0.0601. The number of hydrogen-bond donors (Lipinski definition) is 1. The van der Waals surface area contributed by atoms with Crippen LogP contribution in [0.3, 0.4) is 0 Å². The number of fused-ring (bicyclic) bond motifs is 8. The van der Waals surface area contributed by atoms with Gasteiger partial charge >= 0.3 is 5.97 Å². The Labute approximate surface area is 303 Å². The minimum Gasteiger partial charge on any atom is -0.441 e. The van der Waals surface area contributed by atoms with E-state index in [-0.39, 0.29) is 13.1 Å². The molecular formula is C40H42N4O7Si. The lowest BCUT2D eigenvalue weighted by molar-refractivity contribution is -0.136. The molecule has 0 bridgehead atoms. The highest BCUT2D eigenvalue weighted by Gasteiger charge is 2.58. The fraction of sp³-hybridized carbons (Fsp3) is 0.400. The number of amides is 3. The predicted octanol–water partition coefficient (Wildman–Crippen LogP) is 2.54. The molecule has 11 nitrogen and oxygen atoms in total. The van der Waals surface area contributed by atoms with Gasteiger partial charge in [0, 0.05) is 85.0 Å². The average Bonchev–Trinajstić information content (AvgIpc) is 3.68. The number of carbonyl (C=O) groups excluding carboxylic acids is 4. The highest BCUT2D eigenvalue weighted by atomic mass is 28.3. The summed E-state index contributed by atoms with van der Waals surface area (Å²) in [5.74, 6) is -1.65. The van der Waals surface area contributed by atoms with Gasteiger partial charge in [0.15, 0.2) is 5.60 Å². The molecule has 2 spiro atoms. The fourth-order valence-electron chi connectivity index (χ4n) is 9.34. The zero-order valence-corrected chi connectivity index (χ0v) is 30.2. The van der Waals surface area contributed by atoms with Gasteiger partial charge in [0.25, 0.3) is 17.7 Å². The van der Waals surface area contributed by atoms with Crippen LogP contribution < -0.4 is 25.5 Å². The zero-order valence-electron chi connectivity index (χ0n) is 29.2. The Hall–Kier alpha value is -4.78. The van der Waals surface area contributed by atoms with Crippen LogP contribution in [-0.4, -0.2) is 102 Å². The Morgan fingerprint density at radius 2 is 1.27 bits per heavy atom. The molecule has 3 aromatic carbocycles. The molecule has 268 valence electrons. The summed E-state index contributed by atoms with van der Waals surface area (Å²) in [6, 6.07) is 21.2. The van der Waals surface area contributed by atoms with E-state index in [1.165, 1.54) is 53.2 Å². The van der Waals surface area contributed by atoms with E-state index < -0.39 is 37.4 Å². The summed E-state index contributed by atoms with van der Waals surface area (Å²) in [5, 5.41) is 5.51. The topological polar surface area (TPSA) is 118 Å². The average molecular weight is 719 g/mol. The first-order valence-corrected chi connectivity index (χ1v) is 21.0. The standard InChI is InChI=1S/C40H42N4O7Si/c45-36-10-11-37(46)44(36)13-12-41-38(47)27-4-7-31-30(24-27)39(48)51-40(31)32-8-5-28(42-14-18-49-19-15-42)25-34(32)52(22-2-1-3-23-52)35-26-29(6-9-33(35)40)43-16-20-50-21-17-43/h4-11,24-26H,1-3,12-23H2,(H,41,47). The highest BCUT2D eigenvalue weighted by Crippen LogP contribution is 2.51. The van der Waals surface area contributed by atoms with Gasteiger partial charge in [-0.05, 0) is 58.9 Å². The molecule has 3 fully saturated rings. The summed E-state index contributed by atoms with van der Waals surface area (Å²) in [7, 11) is -2.33. The fourth-order valence-corrected chi connectivity index (χ4v) is 15.1. The lowest BCUT2D eigenvalue weighted by Crippen LogP contribution is -2.67. The summed E-state index contributed by atoms with van der Waals surface area (Å²) in [6.45, 7) is 6.27. The Morgan fingerprint density at radius 1 is 0.712 bits per heavy atom. The summed E-state index contributed by atoms with van der Waals surface area (Å²) in [6.07, 6.45) is 6.01. The van der Waals surface area contributed by atoms with Gasteiger partial charge in [-0.1, -0.05) is 37.5 Å². The number of hydrogen-bond acceptors (Lipinski definition) is 9. The molecule has 6 heterocycles. The van der Waals surface area contributed by atoms with Gasteiger partial charge in [-0.15, -0.1) is 0 Å². The third-order valence-electron chi connectivity index (χ3n) is 11.9. The number of anilines is 2. The summed E-state index contributed by atoms with van der Waals surface area (Å²) in [5.41, 5.74) is 4.73. The quantitative estimate of drug-likeness (QED) is 0.233. The normalized spacial score (nSPS) is 21.3. The van der Waals surface area contributed by atoms with Crippen molar-refractivity contribution in [3.8, 4) is 0 Å². The molecule has 52 heavy (non-hydrogen) atoms.